The normalized spacial score (nSPS) is 51.6. The first-order chi connectivity index (χ1) is 3.73. The lowest BCUT2D eigenvalue weighted by molar-refractivity contribution is 0.666. The van der Waals surface area contributed by atoms with Crippen LogP contribution in [0.1, 0.15) is 26.2 Å². The minimum atomic E-state index is 0.625. The smallest absolute Gasteiger partial charge is 0.00874 e. The zero-order valence-corrected chi connectivity index (χ0v) is 5.41. The summed E-state index contributed by atoms with van der Waals surface area (Å²) in [5.74, 6) is 1.04. The molecule has 0 aromatic carbocycles. The largest absolute Gasteiger partial charge is 0.0993 e. The lowest BCUT2D eigenvalue weighted by Crippen LogP contribution is -1.91. The molecule has 2 unspecified atom stereocenters. The highest BCUT2D eigenvalue weighted by Crippen LogP contribution is 2.65. The Kier molecular flexibility index (Phi) is 0.588. The van der Waals surface area contributed by atoms with Crippen molar-refractivity contribution in [2.24, 2.45) is 11.3 Å². The van der Waals surface area contributed by atoms with Gasteiger partial charge in [-0.25, -0.2) is 0 Å². The molecule has 0 amide bonds. The van der Waals surface area contributed by atoms with Gasteiger partial charge in [0.2, 0.25) is 0 Å². The SMILES string of the molecule is C=C1CCC2CC12C. The standard InChI is InChI=1S/C8H12/c1-6-3-4-7-5-8(6,7)2/h7H,1,3-5H2,2H3. The van der Waals surface area contributed by atoms with Crippen LogP contribution in [0.25, 0.3) is 0 Å². The minimum absolute atomic E-state index is 0.625. The van der Waals surface area contributed by atoms with Gasteiger partial charge in [-0.2, -0.15) is 0 Å². The monoisotopic (exact) mass is 108 g/mol. The third-order valence-electron chi connectivity index (χ3n) is 3.01. The number of fused-ring (bicyclic) bond motifs is 1. The summed E-state index contributed by atoms with van der Waals surface area (Å²) in [5.41, 5.74) is 2.14. The Balaban J connectivity index is 2.31. The predicted octanol–water partition coefficient (Wildman–Crippen LogP) is 2.36. The maximum atomic E-state index is 4.05. The molecule has 0 aromatic rings. The first-order valence-corrected chi connectivity index (χ1v) is 3.42. The third-order valence-corrected chi connectivity index (χ3v) is 3.01. The molecule has 44 valence electrons. The van der Waals surface area contributed by atoms with Crippen LogP contribution in [0.4, 0.5) is 0 Å². The molecule has 2 aliphatic rings. The molecule has 0 aliphatic heterocycles. The lowest BCUT2D eigenvalue weighted by atomic mass is 10.0. The van der Waals surface area contributed by atoms with Gasteiger partial charge in [0.15, 0.2) is 0 Å². The van der Waals surface area contributed by atoms with Gasteiger partial charge in [0.05, 0.1) is 0 Å². The van der Waals surface area contributed by atoms with Gasteiger partial charge in [0.1, 0.15) is 0 Å². The fourth-order valence-electron chi connectivity index (χ4n) is 1.94. The summed E-state index contributed by atoms with van der Waals surface area (Å²) in [5, 5.41) is 0. The quantitative estimate of drug-likeness (QED) is 0.418. The van der Waals surface area contributed by atoms with E-state index in [1.54, 1.807) is 0 Å². The van der Waals surface area contributed by atoms with E-state index in [-0.39, 0.29) is 0 Å². The van der Waals surface area contributed by atoms with Crippen molar-refractivity contribution in [3.05, 3.63) is 12.2 Å². The minimum Gasteiger partial charge on any atom is -0.0993 e. The van der Waals surface area contributed by atoms with Gasteiger partial charge in [0.25, 0.3) is 0 Å². The molecule has 0 heteroatoms. The Morgan fingerprint density at radius 2 is 2.50 bits per heavy atom. The van der Waals surface area contributed by atoms with Gasteiger partial charge in [-0.1, -0.05) is 19.1 Å². The lowest BCUT2D eigenvalue weighted by Gasteiger charge is -2.03. The highest BCUT2D eigenvalue weighted by Gasteiger charge is 2.55. The first kappa shape index (κ1) is 4.60. The van der Waals surface area contributed by atoms with E-state index in [4.69, 9.17) is 0 Å². The zero-order valence-electron chi connectivity index (χ0n) is 5.41. The molecule has 0 nitrogen and oxygen atoms in total. The molecule has 0 N–H and O–H groups in total. The maximum Gasteiger partial charge on any atom is -0.00874 e. The fraction of sp³-hybridized carbons (Fsp3) is 0.750. The highest BCUT2D eigenvalue weighted by molar-refractivity contribution is 5.26. The van der Waals surface area contributed by atoms with Crippen molar-refractivity contribution >= 4 is 0 Å². The molecular weight excluding hydrogens is 96.1 g/mol. The van der Waals surface area contributed by atoms with Crippen LogP contribution in [-0.2, 0) is 0 Å². The van der Waals surface area contributed by atoms with Crippen molar-refractivity contribution in [1.82, 2.24) is 0 Å². The fourth-order valence-corrected chi connectivity index (χ4v) is 1.94. The Hall–Kier alpha value is -0.260. The molecule has 0 aromatic heterocycles. The average molecular weight is 108 g/mol. The molecule has 2 fully saturated rings. The second kappa shape index (κ2) is 1.02. The van der Waals surface area contributed by atoms with Gasteiger partial charge >= 0.3 is 0 Å². The first-order valence-electron chi connectivity index (χ1n) is 3.42. The summed E-state index contributed by atoms with van der Waals surface area (Å²) in [4.78, 5) is 0. The molecule has 0 spiro atoms. The Bertz CT molecular complexity index is 144. The molecule has 2 aliphatic carbocycles. The molecule has 0 bridgehead atoms. The van der Waals surface area contributed by atoms with Crippen molar-refractivity contribution in [2.75, 3.05) is 0 Å². The molecular formula is C8H12. The van der Waals surface area contributed by atoms with Crippen LogP contribution in [0, 0.1) is 11.3 Å². The second-order valence-corrected chi connectivity index (χ2v) is 3.46. The van der Waals surface area contributed by atoms with E-state index in [2.05, 4.69) is 13.5 Å². The third kappa shape index (κ3) is 0.331. The van der Waals surface area contributed by atoms with Crippen molar-refractivity contribution in [2.45, 2.75) is 26.2 Å². The summed E-state index contributed by atoms with van der Waals surface area (Å²) in [6, 6.07) is 0. The summed E-state index contributed by atoms with van der Waals surface area (Å²) >= 11 is 0. The number of allylic oxidation sites excluding steroid dienone is 1. The summed E-state index contributed by atoms with van der Waals surface area (Å²) in [6.45, 7) is 6.40. The zero-order chi connectivity index (χ0) is 5.78. The van der Waals surface area contributed by atoms with Crippen molar-refractivity contribution in [1.29, 1.82) is 0 Å². The molecule has 2 rings (SSSR count). The molecule has 0 radical (unpaired) electrons. The Morgan fingerprint density at radius 1 is 1.75 bits per heavy atom. The Morgan fingerprint density at radius 3 is 2.62 bits per heavy atom. The van der Waals surface area contributed by atoms with E-state index >= 15 is 0 Å². The van der Waals surface area contributed by atoms with Crippen LogP contribution in [0.15, 0.2) is 12.2 Å². The van der Waals surface area contributed by atoms with E-state index < -0.39 is 0 Å². The van der Waals surface area contributed by atoms with Gasteiger partial charge in [-0.3, -0.25) is 0 Å². The molecule has 0 heterocycles. The van der Waals surface area contributed by atoms with Crippen LogP contribution in [0.2, 0.25) is 0 Å². The van der Waals surface area contributed by atoms with Crippen LogP contribution in [0.5, 0.6) is 0 Å². The van der Waals surface area contributed by atoms with E-state index in [0.717, 1.165) is 5.92 Å². The van der Waals surface area contributed by atoms with Crippen LogP contribution in [0.3, 0.4) is 0 Å². The van der Waals surface area contributed by atoms with Crippen LogP contribution >= 0.6 is 0 Å². The molecule has 2 saturated carbocycles. The van der Waals surface area contributed by atoms with Gasteiger partial charge in [-0.05, 0) is 30.6 Å². The molecule has 0 saturated heterocycles. The number of hydrogen-bond donors (Lipinski definition) is 0. The summed E-state index contributed by atoms with van der Waals surface area (Å²) in [7, 11) is 0. The molecule has 2 atom stereocenters. The van der Waals surface area contributed by atoms with Crippen molar-refractivity contribution < 1.29 is 0 Å². The Labute approximate surface area is 50.6 Å². The van der Waals surface area contributed by atoms with Gasteiger partial charge < -0.3 is 0 Å². The van der Waals surface area contributed by atoms with E-state index in [0.29, 0.717) is 5.41 Å². The number of hydrogen-bond acceptors (Lipinski definition) is 0. The topological polar surface area (TPSA) is 0 Å². The predicted molar refractivity (Wildman–Crippen MR) is 34.6 cm³/mol. The van der Waals surface area contributed by atoms with Crippen LogP contribution in [-0.4, -0.2) is 0 Å². The van der Waals surface area contributed by atoms with E-state index in [1.165, 1.54) is 24.8 Å². The van der Waals surface area contributed by atoms with Crippen molar-refractivity contribution in [3.63, 3.8) is 0 Å². The number of rotatable bonds is 0. The summed E-state index contributed by atoms with van der Waals surface area (Å²) in [6.07, 6.45) is 4.17. The van der Waals surface area contributed by atoms with E-state index in [1.807, 2.05) is 0 Å². The van der Waals surface area contributed by atoms with Crippen LogP contribution < -0.4 is 0 Å². The van der Waals surface area contributed by atoms with Gasteiger partial charge in [0, 0.05) is 0 Å². The van der Waals surface area contributed by atoms with Crippen molar-refractivity contribution in [3.8, 4) is 0 Å². The van der Waals surface area contributed by atoms with E-state index in [9.17, 15) is 0 Å². The average Bonchev–Trinajstić information content (AvgIpc) is 2.31. The second-order valence-electron chi connectivity index (χ2n) is 3.46. The highest BCUT2D eigenvalue weighted by atomic mass is 14.6. The maximum absolute atomic E-state index is 4.05. The molecule has 8 heavy (non-hydrogen) atoms. The van der Waals surface area contributed by atoms with Gasteiger partial charge in [-0.15, -0.1) is 0 Å². The summed E-state index contributed by atoms with van der Waals surface area (Å²) < 4.78 is 0.